The van der Waals surface area contributed by atoms with Crippen LogP contribution < -0.4 is 10.2 Å². The van der Waals surface area contributed by atoms with Gasteiger partial charge in [0.2, 0.25) is 0 Å². The Balaban J connectivity index is 1.28. The smallest absolute Gasteiger partial charge is 0.177 e. The van der Waals surface area contributed by atoms with E-state index in [-0.39, 0.29) is 0 Å². The van der Waals surface area contributed by atoms with E-state index in [0.29, 0.717) is 5.92 Å². The maximum Gasteiger partial charge on any atom is 0.177 e. The highest BCUT2D eigenvalue weighted by atomic mass is 32.1. The van der Waals surface area contributed by atoms with Gasteiger partial charge in [-0.3, -0.25) is 0 Å². The van der Waals surface area contributed by atoms with Gasteiger partial charge >= 0.3 is 0 Å². The normalized spacial score (nSPS) is 15.4. The third-order valence-corrected chi connectivity index (χ3v) is 5.14. The van der Waals surface area contributed by atoms with Crippen LogP contribution in [0.3, 0.4) is 0 Å². The van der Waals surface area contributed by atoms with Gasteiger partial charge in [-0.05, 0) is 36.1 Å². The standard InChI is InChI=1S/C15H18N6S/c1-11-4-5-22-13(11)7-16-6-12-8-20(9-12)15-3-2-14-18-17-10-21(14)19-15/h2-5,10,12,16H,6-9H2,1H3. The number of aryl methyl sites for hydroxylation is 1. The molecule has 7 heteroatoms. The molecule has 1 fully saturated rings. The van der Waals surface area contributed by atoms with Gasteiger partial charge in [-0.15, -0.1) is 26.6 Å². The van der Waals surface area contributed by atoms with Crippen molar-refractivity contribution in [3.05, 3.63) is 40.3 Å². The van der Waals surface area contributed by atoms with Gasteiger partial charge in [0.1, 0.15) is 12.1 Å². The van der Waals surface area contributed by atoms with Crippen molar-refractivity contribution in [3.8, 4) is 0 Å². The Kier molecular flexibility index (Phi) is 3.51. The first-order valence-electron chi connectivity index (χ1n) is 7.45. The number of thiophene rings is 1. The van der Waals surface area contributed by atoms with Gasteiger partial charge in [0.15, 0.2) is 5.65 Å². The van der Waals surface area contributed by atoms with Crippen LogP contribution in [0, 0.1) is 12.8 Å². The molecule has 1 aliphatic heterocycles. The molecule has 1 saturated heterocycles. The number of aromatic nitrogens is 4. The van der Waals surface area contributed by atoms with Gasteiger partial charge < -0.3 is 10.2 Å². The quantitative estimate of drug-likeness (QED) is 0.777. The second kappa shape index (κ2) is 5.66. The highest BCUT2D eigenvalue weighted by Gasteiger charge is 2.27. The summed E-state index contributed by atoms with van der Waals surface area (Å²) in [5, 5.41) is 18.1. The zero-order chi connectivity index (χ0) is 14.9. The lowest BCUT2D eigenvalue weighted by Crippen LogP contribution is -2.51. The molecule has 0 spiro atoms. The van der Waals surface area contributed by atoms with Crippen molar-refractivity contribution in [2.75, 3.05) is 24.5 Å². The molecule has 6 nitrogen and oxygen atoms in total. The maximum atomic E-state index is 4.52. The summed E-state index contributed by atoms with van der Waals surface area (Å²) >= 11 is 1.83. The van der Waals surface area contributed by atoms with Gasteiger partial charge in [-0.2, -0.15) is 4.52 Å². The summed E-state index contributed by atoms with van der Waals surface area (Å²) in [4.78, 5) is 3.73. The van der Waals surface area contributed by atoms with E-state index >= 15 is 0 Å². The zero-order valence-electron chi connectivity index (χ0n) is 12.4. The predicted molar refractivity (Wildman–Crippen MR) is 87.2 cm³/mol. The number of rotatable bonds is 5. The minimum Gasteiger partial charge on any atom is -0.354 e. The number of hydrogen-bond acceptors (Lipinski definition) is 6. The molecule has 0 saturated carbocycles. The lowest BCUT2D eigenvalue weighted by molar-refractivity contribution is 0.381. The lowest BCUT2D eigenvalue weighted by Gasteiger charge is -2.40. The summed E-state index contributed by atoms with van der Waals surface area (Å²) in [6.07, 6.45) is 1.64. The predicted octanol–water partition coefficient (Wildman–Crippen LogP) is 1.72. The van der Waals surface area contributed by atoms with E-state index in [1.165, 1.54) is 10.4 Å². The van der Waals surface area contributed by atoms with Gasteiger partial charge in [0.25, 0.3) is 0 Å². The molecule has 4 rings (SSSR count). The van der Waals surface area contributed by atoms with Crippen LogP contribution in [-0.4, -0.2) is 39.4 Å². The molecular formula is C15H18N6S. The van der Waals surface area contributed by atoms with E-state index in [9.17, 15) is 0 Å². The Bertz CT molecular complexity index is 773. The van der Waals surface area contributed by atoms with Crippen LogP contribution in [0.5, 0.6) is 0 Å². The van der Waals surface area contributed by atoms with E-state index in [1.54, 1.807) is 10.8 Å². The number of hydrogen-bond donors (Lipinski definition) is 1. The minimum atomic E-state index is 0.693. The first-order valence-corrected chi connectivity index (χ1v) is 8.33. The molecular weight excluding hydrogens is 296 g/mol. The monoisotopic (exact) mass is 314 g/mol. The molecule has 0 amide bonds. The molecule has 3 aromatic heterocycles. The van der Waals surface area contributed by atoms with E-state index < -0.39 is 0 Å². The van der Waals surface area contributed by atoms with Crippen molar-refractivity contribution >= 4 is 22.8 Å². The van der Waals surface area contributed by atoms with Crippen LogP contribution >= 0.6 is 11.3 Å². The van der Waals surface area contributed by atoms with Crippen LogP contribution in [0.4, 0.5) is 5.82 Å². The summed E-state index contributed by atoms with van der Waals surface area (Å²) in [5.74, 6) is 1.69. The Hall–Kier alpha value is -1.99. The molecule has 0 aliphatic carbocycles. The fourth-order valence-electron chi connectivity index (χ4n) is 2.75. The number of anilines is 1. The number of nitrogens with zero attached hydrogens (tertiary/aromatic N) is 5. The Morgan fingerprint density at radius 3 is 3.05 bits per heavy atom. The molecule has 0 radical (unpaired) electrons. The van der Waals surface area contributed by atoms with E-state index in [0.717, 1.165) is 37.6 Å². The minimum absolute atomic E-state index is 0.693. The van der Waals surface area contributed by atoms with Crippen molar-refractivity contribution in [3.63, 3.8) is 0 Å². The van der Waals surface area contributed by atoms with Crippen molar-refractivity contribution < 1.29 is 0 Å². The third-order valence-electron chi connectivity index (χ3n) is 4.12. The molecule has 22 heavy (non-hydrogen) atoms. The Morgan fingerprint density at radius 2 is 2.23 bits per heavy atom. The van der Waals surface area contributed by atoms with Crippen molar-refractivity contribution in [1.82, 2.24) is 25.1 Å². The van der Waals surface area contributed by atoms with Crippen LogP contribution in [0.2, 0.25) is 0 Å². The van der Waals surface area contributed by atoms with E-state index in [1.807, 2.05) is 23.5 Å². The second-order valence-corrected chi connectivity index (χ2v) is 6.75. The van der Waals surface area contributed by atoms with Crippen molar-refractivity contribution in [1.29, 1.82) is 0 Å². The summed E-state index contributed by atoms with van der Waals surface area (Å²) in [7, 11) is 0. The van der Waals surface area contributed by atoms with Crippen molar-refractivity contribution in [2.24, 2.45) is 5.92 Å². The number of fused-ring (bicyclic) bond motifs is 1. The highest BCUT2D eigenvalue weighted by molar-refractivity contribution is 7.10. The summed E-state index contributed by atoms with van der Waals surface area (Å²) in [6.45, 7) is 6.31. The van der Waals surface area contributed by atoms with Gasteiger partial charge in [0, 0.05) is 37.0 Å². The molecule has 1 N–H and O–H groups in total. The molecule has 0 bridgehead atoms. The van der Waals surface area contributed by atoms with Crippen LogP contribution in [0.25, 0.3) is 5.65 Å². The highest BCUT2D eigenvalue weighted by Crippen LogP contribution is 2.22. The van der Waals surface area contributed by atoms with Gasteiger partial charge in [-0.1, -0.05) is 0 Å². The van der Waals surface area contributed by atoms with Gasteiger partial charge in [0.05, 0.1) is 0 Å². The van der Waals surface area contributed by atoms with Crippen LogP contribution in [0.1, 0.15) is 10.4 Å². The van der Waals surface area contributed by atoms with Gasteiger partial charge in [-0.25, -0.2) is 0 Å². The number of nitrogens with one attached hydrogen (secondary N) is 1. The second-order valence-electron chi connectivity index (χ2n) is 5.75. The molecule has 0 aromatic carbocycles. The third kappa shape index (κ3) is 2.57. The first kappa shape index (κ1) is 13.7. The van der Waals surface area contributed by atoms with Crippen LogP contribution in [-0.2, 0) is 6.54 Å². The van der Waals surface area contributed by atoms with Crippen LogP contribution in [0.15, 0.2) is 29.9 Å². The molecule has 0 atom stereocenters. The maximum absolute atomic E-state index is 4.52. The summed E-state index contributed by atoms with van der Waals surface area (Å²) < 4.78 is 1.72. The molecule has 0 unspecified atom stereocenters. The Morgan fingerprint density at radius 1 is 1.32 bits per heavy atom. The fraction of sp³-hybridized carbons (Fsp3) is 0.400. The largest absolute Gasteiger partial charge is 0.354 e. The zero-order valence-corrected chi connectivity index (χ0v) is 13.3. The average molecular weight is 314 g/mol. The molecule has 4 heterocycles. The lowest BCUT2D eigenvalue weighted by atomic mass is 10.0. The van der Waals surface area contributed by atoms with Crippen molar-refractivity contribution in [2.45, 2.75) is 13.5 Å². The molecule has 3 aromatic rings. The molecule has 114 valence electrons. The topological polar surface area (TPSA) is 58.3 Å². The molecule has 1 aliphatic rings. The SMILES string of the molecule is Cc1ccsc1CNCC1CN(c2ccc3nncn3n2)C1. The fourth-order valence-corrected chi connectivity index (χ4v) is 3.62. The Labute approximate surface area is 132 Å². The summed E-state index contributed by atoms with van der Waals surface area (Å²) in [5.41, 5.74) is 2.17. The van der Waals surface area contributed by atoms with E-state index in [2.05, 4.69) is 43.9 Å². The first-order chi connectivity index (χ1) is 10.8. The summed E-state index contributed by atoms with van der Waals surface area (Å²) in [6, 6.07) is 6.16. The average Bonchev–Trinajstić information content (AvgIpc) is 3.09. The van der Waals surface area contributed by atoms with E-state index in [4.69, 9.17) is 0 Å².